The lowest BCUT2D eigenvalue weighted by Gasteiger charge is -2.17. The van der Waals surface area contributed by atoms with Crippen molar-refractivity contribution < 1.29 is 4.52 Å². The third-order valence-corrected chi connectivity index (χ3v) is 3.98. The minimum absolute atomic E-state index is 0.489. The molecule has 0 amide bonds. The van der Waals surface area contributed by atoms with Crippen LogP contribution in [-0.2, 0) is 0 Å². The van der Waals surface area contributed by atoms with Gasteiger partial charge in [-0.1, -0.05) is 46.4 Å². The molecule has 1 fully saturated rings. The van der Waals surface area contributed by atoms with Crippen LogP contribution in [0.2, 0.25) is 0 Å². The minimum atomic E-state index is 0.489. The van der Waals surface area contributed by atoms with Gasteiger partial charge in [0.05, 0.1) is 0 Å². The predicted molar refractivity (Wildman–Crippen MR) is 73.3 cm³/mol. The number of halogens is 1. The van der Waals surface area contributed by atoms with Crippen LogP contribution in [-0.4, -0.2) is 10.1 Å². The van der Waals surface area contributed by atoms with E-state index in [9.17, 15) is 0 Å². The fraction of sp³-hybridized carbons (Fsp3) is 0.429. The Morgan fingerprint density at radius 2 is 2.00 bits per heavy atom. The Hall–Kier alpha value is -1.16. The van der Waals surface area contributed by atoms with E-state index < -0.39 is 0 Å². The Balaban J connectivity index is 1.84. The number of nitrogens with zero attached hydrogens (tertiary/aromatic N) is 2. The second-order valence-electron chi connectivity index (χ2n) is 4.80. The molecule has 3 rings (SSSR count). The molecule has 1 aromatic carbocycles. The summed E-state index contributed by atoms with van der Waals surface area (Å²) in [6.45, 7) is 0. The zero-order valence-electron chi connectivity index (χ0n) is 10.1. The highest BCUT2D eigenvalue weighted by Crippen LogP contribution is 2.32. The zero-order valence-corrected chi connectivity index (χ0v) is 11.7. The van der Waals surface area contributed by atoms with E-state index in [4.69, 9.17) is 4.52 Å². The molecule has 0 radical (unpaired) electrons. The van der Waals surface area contributed by atoms with Crippen molar-refractivity contribution in [3.8, 4) is 11.5 Å². The fourth-order valence-corrected chi connectivity index (χ4v) is 2.90. The van der Waals surface area contributed by atoms with E-state index in [0.29, 0.717) is 11.8 Å². The van der Waals surface area contributed by atoms with Gasteiger partial charge >= 0.3 is 0 Å². The summed E-state index contributed by atoms with van der Waals surface area (Å²) in [5, 5.41) is 4.14. The first kappa shape index (κ1) is 11.9. The van der Waals surface area contributed by atoms with Crippen LogP contribution in [0.25, 0.3) is 11.5 Å². The molecule has 1 aliphatic carbocycles. The molecule has 2 aromatic rings. The van der Waals surface area contributed by atoms with Crippen LogP contribution in [0.15, 0.2) is 33.3 Å². The maximum absolute atomic E-state index is 5.38. The molecule has 0 atom stereocenters. The Morgan fingerprint density at radius 1 is 1.17 bits per heavy atom. The van der Waals surface area contributed by atoms with Gasteiger partial charge in [-0.3, -0.25) is 0 Å². The summed E-state index contributed by atoms with van der Waals surface area (Å²) < 4.78 is 6.40. The highest BCUT2D eigenvalue weighted by Gasteiger charge is 2.21. The van der Waals surface area contributed by atoms with E-state index in [1.807, 2.05) is 24.3 Å². The third-order valence-electron chi connectivity index (χ3n) is 3.48. The Kier molecular flexibility index (Phi) is 3.46. The van der Waals surface area contributed by atoms with Crippen LogP contribution >= 0.6 is 15.9 Å². The lowest BCUT2D eigenvalue weighted by molar-refractivity contribution is 0.385. The first-order chi connectivity index (χ1) is 8.83. The van der Waals surface area contributed by atoms with Gasteiger partial charge in [-0.05, 0) is 31.0 Å². The van der Waals surface area contributed by atoms with Gasteiger partial charge in [0.1, 0.15) is 0 Å². The maximum atomic E-state index is 5.38. The normalized spacial score (nSPS) is 16.9. The molecule has 0 N–H and O–H groups in total. The SMILES string of the molecule is Brc1cccc(-c2nc(C3CCCCC3)no2)c1. The smallest absolute Gasteiger partial charge is 0.257 e. The second kappa shape index (κ2) is 5.22. The van der Waals surface area contributed by atoms with E-state index in [2.05, 4.69) is 26.1 Å². The number of benzene rings is 1. The molecule has 1 saturated carbocycles. The summed E-state index contributed by atoms with van der Waals surface area (Å²) in [6, 6.07) is 7.95. The van der Waals surface area contributed by atoms with Crippen molar-refractivity contribution in [1.82, 2.24) is 10.1 Å². The van der Waals surface area contributed by atoms with Crippen molar-refractivity contribution in [3.05, 3.63) is 34.6 Å². The van der Waals surface area contributed by atoms with Gasteiger partial charge in [-0.2, -0.15) is 4.98 Å². The quantitative estimate of drug-likeness (QED) is 0.817. The second-order valence-corrected chi connectivity index (χ2v) is 5.72. The van der Waals surface area contributed by atoms with Gasteiger partial charge in [0.2, 0.25) is 0 Å². The highest BCUT2D eigenvalue weighted by molar-refractivity contribution is 9.10. The summed E-state index contributed by atoms with van der Waals surface area (Å²) in [6.07, 6.45) is 6.29. The molecule has 4 heteroatoms. The van der Waals surface area contributed by atoms with E-state index >= 15 is 0 Å². The minimum Gasteiger partial charge on any atom is -0.334 e. The summed E-state index contributed by atoms with van der Waals surface area (Å²) in [5.41, 5.74) is 0.971. The standard InChI is InChI=1S/C14H15BrN2O/c15-12-8-4-7-11(9-12)14-16-13(17-18-14)10-5-2-1-3-6-10/h4,7-10H,1-3,5-6H2. The molecule has 0 saturated heterocycles. The Morgan fingerprint density at radius 3 is 2.78 bits per heavy atom. The topological polar surface area (TPSA) is 38.9 Å². The van der Waals surface area contributed by atoms with Gasteiger partial charge < -0.3 is 4.52 Å². The Labute approximate surface area is 115 Å². The van der Waals surface area contributed by atoms with E-state index in [-0.39, 0.29) is 0 Å². The molecule has 1 aliphatic rings. The molecular formula is C14H15BrN2O. The van der Waals surface area contributed by atoms with Gasteiger partial charge in [0.15, 0.2) is 5.82 Å². The maximum Gasteiger partial charge on any atom is 0.257 e. The van der Waals surface area contributed by atoms with Gasteiger partial charge in [0.25, 0.3) is 5.89 Å². The molecule has 1 heterocycles. The van der Waals surface area contributed by atoms with Crippen LogP contribution in [0, 0.1) is 0 Å². The number of rotatable bonds is 2. The first-order valence-electron chi connectivity index (χ1n) is 6.42. The Bertz CT molecular complexity index is 532. The molecule has 0 aliphatic heterocycles. The van der Waals surface area contributed by atoms with E-state index in [1.54, 1.807) is 0 Å². The van der Waals surface area contributed by atoms with Crippen LogP contribution < -0.4 is 0 Å². The lowest BCUT2D eigenvalue weighted by Crippen LogP contribution is -2.06. The van der Waals surface area contributed by atoms with E-state index in [0.717, 1.165) is 15.9 Å². The van der Waals surface area contributed by atoms with Crippen molar-refractivity contribution in [2.45, 2.75) is 38.0 Å². The molecule has 18 heavy (non-hydrogen) atoms. The van der Waals surface area contributed by atoms with Crippen LogP contribution in [0.4, 0.5) is 0 Å². The first-order valence-corrected chi connectivity index (χ1v) is 7.22. The number of hydrogen-bond donors (Lipinski definition) is 0. The summed E-state index contributed by atoms with van der Waals surface area (Å²) in [5.74, 6) is 1.99. The lowest BCUT2D eigenvalue weighted by atomic mass is 9.89. The van der Waals surface area contributed by atoms with Crippen molar-refractivity contribution in [1.29, 1.82) is 0 Å². The average Bonchev–Trinajstić information content (AvgIpc) is 2.89. The van der Waals surface area contributed by atoms with Crippen LogP contribution in [0.3, 0.4) is 0 Å². The van der Waals surface area contributed by atoms with Crippen molar-refractivity contribution in [3.63, 3.8) is 0 Å². The summed E-state index contributed by atoms with van der Waals surface area (Å²) in [7, 11) is 0. The van der Waals surface area contributed by atoms with E-state index in [1.165, 1.54) is 32.1 Å². The zero-order chi connectivity index (χ0) is 12.4. The molecule has 0 bridgehead atoms. The third kappa shape index (κ3) is 2.48. The molecule has 3 nitrogen and oxygen atoms in total. The van der Waals surface area contributed by atoms with Gasteiger partial charge in [-0.15, -0.1) is 0 Å². The number of aromatic nitrogens is 2. The molecule has 94 valence electrons. The van der Waals surface area contributed by atoms with Crippen LogP contribution in [0.5, 0.6) is 0 Å². The molecule has 0 spiro atoms. The van der Waals surface area contributed by atoms with Crippen molar-refractivity contribution in [2.75, 3.05) is 0 Å². The molecule has 1 aromatic heterocycles. The highest BCUT2D eigenvalue weighted by atomic mass is 79.9. The van der Waals surface area contributed by atoms with Gasteiger partial charge in [-0.25, -0.2) is 0 Å². The summed E-state index contributed by atoms with van der Waals surface area (Å²) in [4.78, 5) is 4.55. The summed E-state index contributed by atoms with van der Waals surface area (Å²) >= 11 is 3.45. The van der Waals surface area contributed by atoms with Crippen molar-refractivity contribution in [2.24, 2.45) is 0 Å². The largest absolute Gasteiger partial charge is 0.334 e. The molecule has 0 unspecified atom stereocenters. The number of hydrogen-bond acceptors (Lipinski definition) is 3. The fourth-order valence-electron chi connectivity index (χ4n) is 2.50. The molecular weight excluding hydrogens is 292 g/mol. The van der Waals surface area contributed by atoms with Gasteiger partial charge in [0, 0.05) is 16.0 Å². The van der Waals surface area contributed by atoms with Crippen LogP contribution in [0.1, 0.15) is 43.8 Å². The predicted octanol–water partition coefficient (Wildman–Crippen LogP) is 4.55. The van der Waals surface area contributed by atoms with Crippen molar-refractivity contribution >= 4 is 15.9 Å². The monoisotopic (exact) mass is 306 g/mol. The average molecular weight is 307 g/mol.